The van der Waals surface area contributed by atoms with Crippen LogP contribution in [0, 0.1) is 40.9 Å². The zero-order valence-electron chi connectivity index (χ0n) is 17.9. The van der Waals surface area contributed by atoms with Crippen molar-refractivity contribution in [1.29, 1.82) is 0 Å². The minimum absolute atomic E-state index is 0.0385. The van der Waals surface area contributed by atoms with Gasteiger partial charge in [-0.15, -0.1) is 0 Å². The molecule has 4 saturated carbocycles. The van der Waals surface area contributed by atoms with Gasteiger partial charge in [-0.1, -0.05) is 6.92 Å². The van der Waals surface area contributed by atoms with E-state index in [0.717, 1.165) is 55.6 Å². The van der Waals surface area contributed by atoms with Crippen LogP contribution in [0.4, 0.5) is 8.78 Å². The zero-order chi connectivity index (χ0) is 21.9. The topological polar surface area (TPSA) is 71.4 Å². The van der Waals surface area contributed by atoms with E-state index in [2.05, 4.69) is 6.92 Å². The fourth-order valence-electron chi connectivity index (χ4n) is 7.90. The van der Waals surface area contributed by atoms with E-state index in [1.807, 2.05) is 0 Å². The maximum absolute atomic E-state index is 13.4. The van der Waals surface area contributed by atoms with Gasteiger partial charge in [0.05, 0.1) is 5.75 Å². The molecule has 8 heteroatoms. The van der Waals surface area contributed by atoms with Crippen molar-refractivity contribution in [2.45, 2.75) is 76.7 Å². The molecule has 4 fully saturated rings. The number of halogens is 2. The molecule has 3 unspecified atom stereocenters. The van der Waals surface area contributed by atoms with E-state index in [9.17, 15) is 27.1 Å². The molecule has 4 rings (SSSR count). The Labute approximate surface area is 182 Å². The van der Waals surface area contributed by atoms with Gasteiger partial charge in [0.25, 0.3) is 6.43 Å². The molecular weight excluding hydrogens is 430 g/mol. The maximum Gasteiger partial charge on any atom is 0.266 e. The number of alkyl halides is 2. The first kappa shape index (κ1) is 23.0. The number of ketones is 1. The largest absolute Gasteiger partial charge is 0.384 e. The van der Waals surface area contributed by atoms with Crippen molar-refractivity contribution < 1.29 is 27.1 Å². The van der Waals surface area contributed by atoms with E-state index in [0.29, 0.717) is 30.1 Å². The van der Waals surface area contributed by atoms with Crippen molar-refractivity contribution in [3.05, 3.63) is 0 Å². The first-order chi connectivity index (χ1) is 13.9. The van der Waals surface area contributed by atoms with Gasteiger partial charge in [-0.2, -0.15) is 0 Å². The van der Waals surface area contributed by atoms with Crippen molar-refractivity contribution in [3.63, 3.8) is 0 Å². The van der Waals surface area contributed by atoms with E-state index in [1.165, 1.54) is 0 Å². The predicted octanol–water partition coefficient (Wildman–Crippen LogP) is 4.51. The maximum atomic E-state index is 13.4. The van der Waals surface area contributed by atoms with Gasteiger partial charge in [-0.05, 0) is 104 Å². The van der Waals surface area contributed by atoms with E-state index in [1.54, 1.807) is 0 Å². The minimum Gasteiger partial charge on any atom is -0.384 e. The average Bonchev–Trinajstić information content (AvgIpc) is 3.02. The molecule has 0 heterocycles. The lowest BCUT2D eigenvalue weighted by atomic mass is 9.49. The second-order valence-electron chi connectivity index (χ2n) is 10.7. The highest BCUT2D eigenvalue weighted by atomic mass is 33.1. The summed E-state index contributed by atoms with van der Waals surface area (Å²) in [6.07, 6.45) is 5.32. The molecule has 4 aliphatic carbocycles. The second-order valence-corrected chi connectivity index (χ2v) is 15.1. The quantitative estimate of drug-likeness (QED) is 0.606. The van der Waals surface area contributed by atoms with E-state index >= 15 is 0 Å². The third kappa shape index (κ3) is 3.98. The lowest BCUT2D eigenvalue weighted by Crippen LogP contribution is -2.53. The highest BCUT2D eigenvalue weighted by Crippen LogP contribution is 2.65. The van der Waals surface area contributed by atoms with Crippen LogP contribution in [0.2, 0.25) is 0 Å². The highest BCUT2D eigenvalue weighted by molar-refractivity contribution is 8.72. The third-order valence-electron chi connectivity index (χ3n) is 9.26. The van der Waals surface area contributed by atoms with Gasteiger partial charge in [-0.25, -0.2) is 17.2 Å². The van der Waals surface area contributed by atoms with Crippen LogP contribution < -0.4 is 0 Å². The molecule has 0 saturated heterocycles. The first-order valence-corrected chi connectivity index (χ1v) is 14.7. The summed E-state index contributed by atoms with van der Waals surface area (Å²) in [6, 6.07) is 0. The van der Waals surface area contributed by atoms with Crippen LogP contribution in [0.3, 0.4) is 0 Å². The fraction of sp³-hybridized carbons (Fsp3) is 0.955. The number of rotatable bonds is 5. The van der Waals surface area contributed by atoms with E-state index < -0.39 is 20.9 Å². The molecular formula is C22H34F2O4S2. The molecule has 4 aliphatic rings. The van der Waals surface area contributed by atoms with Crippen LogP contribution in [0.5, 0.6) is 0 Å². The van der Waals surface area contributed by atoms with Crippen molar-refractivity contribution in [3.8, 4) is 0 Å². The Balaban J connectivity index is 1.46. The summed E-state index contributed by atoms with van der Waals surface area (Å²) in [6.45, 7) is 2.23. The summed E-state index contributed by atoms with van der Waals surface area (Å²) in [4.78, 5) is 12.9. The summed E-state index contributed by atoms with van der Waals surface area (Å²) in [7, 11) is -2.48. The van der Waals surface area contributed by atoms with Gasteiger partial charge in [0.1, 0.15) is 11.4 Å². The van der Waals surface area contributed by atoms with Crippen molar-refractivity contribution in [2.75, 3.05) is 12.0 Å². The molecule has 0 aromatic carbocycles. The lowest BCUT2D eigenvalue weighted by molar-refractivity contribution is -0.160. The Morgan fingerprint density at radius 1 is 1.07 bits per heavy atom. The summed E-state index contributed by atoms with van der Waals surface area (Å²) < 4.78 is 49.7. The predicted molar refractivity (Wildman–Crippen MR) is 114 cm³/mol. The summed E-state index contributed by atoms with van der Waals surface area (Å²) in [5, 5.41) is 10.3. The Morgan fingerprint density at radius 2 is 1.77 bits per heavy atom. The van der Waals surface area contributed by atoms with Crippen molar-refractivity contribution in [1.82, 2.24) is 0 Å². The van der Waals surface area contributed by atoms with E-state index in [4.69, 9.17) is 0 Å². The summed E-state index contributed by atoms with van der Waals surface area (Å²) >= 11 is 0. The fourth-order valence-corrected chi connectivity index (χ4v) is 9.42. The third-order valence-corrected chi connectivity index (χ3v) is 11.7. The Bertz CT molecular complexity index is 788. The van der Waals surface area contributed by atoms with Crippen LogP contribution in [-0.2, 0) is 13.7 Å². The zero-order valence-corrected chi connectivity index (χ0v) is 19.5. The van der Waals surface area contributed by atoms with Gasteiger partial charge >= 0.3 is 0 Å². The SMILES string of the molecule is C[C@]12CCC3C(CC[C@H]4C[C@@](O)(C(F)F)CC[C@H]34)C1CC[C@@H]2C(=O)CSS(C)(=O)=O. The molecule has 0 spiro atoms. The van der Waals surface area contributed by atoms with Crippen LogP contribution in [-0.4, -0.2) is 43.3 Å². The van der Waals surface area contributed by atoms with Crippen LogP contribution in [0.15, 0.2) is 0 Å². The first-order valence-electron chi connectivity index (χ1n) is 11.3. The van der Waals surface area contributed by atoms with Crippen LogP contribution in [0.25, 0.3) is 0 Å². The van der Waals surface area contributed by atoms with Crippen molar-refractivity contribution in [2.24, 2.45) is 40.9 Å². The second kappa shape index (κ2) is 7.98. The molecule has 0 bridgehead atoms. The molecule has 0 aromatic rings. The van der Waals surface area contributed by atoms with Gasteiger partial charge < -0.3 is 5.11 Å². The van der Waals surface area contributed by atoms with Crippen LogP contribution in [0.1, 0.15) is 64.7 Å². The number of hydrogen-bond acceptors (Lipinski definition) is 5. The monoisotopic (exact) mass is 464 g/mol. The lowest BCUT2D eigenvalue weighted by Gasteiger charge is -2.57. The number of Topliss-reactive ketones (excluding diaryl/α,β-unsaturated/α-hetero) is 1. The van der Waals surface area contributed by atoms with Gasteiger partial charge in [0, 0.05) is 12.2 Å². The Morgan fingerprint density at radius 3 is 2.43 bits per heavy atom. The van der Waals surface area contributed by atoms with Crippen LogP contribution >= 0.6 is 10.8 Å². The minimum atomic E-state index is -3.22. The van der Waals surface area contributed by atoms with Crippen molar-refractivity contribution >= 4 is 25.4 Å². The standard InChI is InChI=1S/C22H34F2O4S2/c1-21-9-7-15-14-8-10-22(26,20(23)24)11-13(14)3-4-16(15)17(21)5-6-18(21)19(25)12-29-30(2,27)28/h13-18,20,26H,3-12H2,1-2H3/t13-,14-,15?,16?,17?,18+,21-,22+/m0/s1. The molecule has 0 aliphatic heterocycles. The number of aliphatic hydroxyl groups is 1. The number of fused-ring (bicyclic) bond motifs is 5. The van der Waals surface area contributed by atoms with Gasteiger partial charge in [-0.3, -0.25) is 4.79 Å². The Hall–Kier alpha value is -0.210. The van der Waals surface area contributed by atoms with E-state index in [-0.39, 0.29) is 41.6 Å². The molecule has 4 nitrogen and oxygen atoms in total. The molecule has 0 amide bonds. The molecule has 0 radical (unpaired) electrons. The van der Waals surface area contributed by atoms with Gasteiger partial charge in [0.2, 0.25) is 0 Å². The smallest absolute Gasteiger partial charge is 0.266 e. The normalized spacial score (nSPS) is 46.2. The number of carbonyl (C=O) groups is 1. The molecule has 172 valence electrons. The molecule has 0 aromatic heterocycles. The molecule has 1 N–H and O–H groups in total. The molecule has 30 heavy (non-hydrogen) atoms. The summed E-state index contributed by atoms with van der Waals surface area (Å²) in [5.74, 6) is 2.16. The number of carbonyl (C=O) groups excluding carboxylic acids is 1. The Kier molecular flexibility index (Phi) is 6.11. The average molecular weight is 465 g/mol. The highest BCUT2D eigenvalue weighted by Gasteiger charge is 2.59. The summed E-state index contributed by atoms with van der Waals surface area (Å²) in [5.41, 5.74) is -1.87. The van der Waals surface area contributed by atoms with Gasteiger partial charge in [0.15, 0.2) is 8.87 Å². The molecule has 8 atom stereocenters. The number of hydrogen-bond donors (Lipinski definition) is 1.